The van der Waals surface area contributed by atoms with E-state index in [0.29, 0.717) is 6.42 Å². The lowest BCUT2D eigenvalue weighted by Crippen LogP contribution is -2.04. The topological polar surface area (TPSA) is 50.7 Å². The molecule has 0 radical (unpaired) electrons. The van der Waals surface area contributed by atoms with Crippen molar-refractivity contribution in [3.63, 3.8) is 0 Å². The van der Waals surface area contributed by atoms with Gasteiger partial charge in [-0.05, 0) is 29.6 Å². The average molecular weight is 216 g/mol. The van der Waals surface area contributed by atoms with Crippen LogP contribution in [0.2, 0.25) is 0 Å². The van der Waals surface area contributed by atoms with Crippen molar-refractivity contribution in [2.75, 3.05) is 0 Å². The van der Waals surface area contributed by atoms with E-state index in [1.807, 2.05) is 6.92 Å². The van der Waals surface area contributed by atoms with Crippen LogP contribution in [0.3, 0.4) is 0 Å². The van der Waals surface area contributed by atoms with Crippen molar-refractivity contribution >= 4 is 45.4 Å². The minimum Gasteiger partial charge on any atom is -0.374 e. The van der Waals surface area contributed by atoms with Gasteiger partial charge >= 0.3 is 0 Å². The van der Waals surface area contributed by atoms with Crippen molar-refractivity contribution in [2.45, 2.75) is 18.8 Å². The summed E-state index contributed by atoms with van der Waals surface area (Å²) in [4.78, 5) is 7.19. The van der Waals surface area contributed by atoms with E-state index in [9.17, 15) is 0 Å². The predicted octanol–water partition coefficient (Wildman–Crippen LogP) is 2.11. The molecule has 0 heterocycles. The Kier molecular flexibility index (Phi) is 5.64. The Morgan fingerprint density at radius 3 is 2.45 bits per heavy atom. The molecule has 0 fully saturated rings. The molecule has 0 saturated carbocycles. The third kappa shape index (κ3) is 6.41. The first-order valence-corrected chi connectivity index (χ1v) is 4.12. The highest BCUT2D eigenvalue weighted by atomic mass is 35.5. The lowest BCUT2D eigenvalue weighted by molar-refractivity contribution is 0.860. The standard InChI is InChI=1S/C5H8Cl3N3/c1-2-3(6)10-5(8)11-4(7)9/h3H,2H2,1H3,(H2,9,10,11)/t3-/m1/s1. The molecule has 3 nitrogen and oxygen atoms in total. The Hall–Kier alpha value is 0.01000. The van der Waals surface area contributed by atoms with Crippen molar-refractivity contribution in [1.82, 2.24) is 0 Å². The molecule has 0 aromatic heterocycles. The molecule has 2 N–H and O–H groups in total. The van der Waals surface area contributed by atoms with E-state index < -0.39 is 0 Å². The van der Waals surface area contributed by atoms with E-state index in [1.165, 1.54) is 0 Å². The Bertz CT molecular complexity index is 174. The molecule has 0 amide bonds. The van der Waals surface area contributed by atoms with Crippen LogP contribution in [0.1, 0.15) is 13.3 Å². The summed E-state index contributed by atoms with van der Waals surface area (Å²) in [6, 6.07) is 0. The normalized spacial score (nSPS) is 16.7. The largest absolute Gasteiger partial charge is 0.374 e. The Balaban J connectivity index is 4.11. The molecule has 0 bridgehead atoms. The summed E-state index contributed by atoms with van der Waals surface area (Å²) < 4.78 is 0. The van der Waals surface area contributed by atoms with Crippen LogP contribution in [0.25, 0.3) is 0 Å². The van der Waals surface area contributed by atoms with Crippen molar-refractivity contribution in [1.29, 1.82) is 0 Å². The fourth-order valence-electron chi connectivity index (χ4n) is 0.324. The van der Waals surface area contributed by atoms with Crippen molar-refractivity contribution < 1.29 is 0 Å². The first-order valence-electron chi connectivity index (χ1n) is 2.93. The number of nitrogens with zero attached hydrogens (tertiary/aromatic N) is 2. The summed E-state index contributed by atoms with van der Waals surface area (Å²) in [5.74, 6) is 0. The summed E-state index contributed by atoms with van der Waals surface area (Å²) in [5.41, 5.74) is 4.64. The molecule has 6 heteroatoms. The molecule has 64 valence electrons. The Morgan fingerprint density at radius 1 is 1.55 bits per heavy atom. The van der Waals surface area contributed by atoms with Gasteiger partial charge in [-0.25, -0.2) is 4.99 Å². The molecule has 0 aliphatic rings. The summed E-state index contributed by atoms with van der Waals surface area (Å²) in [5, 5.41) is -0.182. The van der Waals surface area contributed by atoms with Gasteiger partial charge in [0.05, 0.1) is 0 Å². The molecule has 0 spiro atoms. The zero-order chi connectivity index (χ0) is 8.85. The number of nitrogens with two attached hydrogens (primary N) is 1. The molecule has 0 aliphatic heterocycles. The summed E-state index contributed by atoms with van der Waals surface area (Å²) in [6.45, 7) is 1.87. The number of hydrogen-bond donors (Lipinski definition) is 1. The van der Waals surface area contributed by atoms with Crippen molar-refractivity contribution in [2.24, 2.45) is 15.7 Å². The molecule has 0 aromatic carbocycles. The van der Waals surface area contributed by atoms with E-state index in [2.05, 4.69) is 9.98 Å². The van der Waals surface area contributed by atoms with Crippen molar-refractivity contribution in [3.8, 4) is 0 Å². The monoisotopic (exact) mass is 215 g/mol. The Labute approximate surface area is 80.2 Å². The molecule has 1 atom stereocenters. The summed E-state index contributed by atoms with van der Waals surface area (Å²) in [6.07, 6.45) is 0.676. The second-order valence-electron chi connectivity index (χ2n) is 1.68. The fourth-order valence-corrected chi connectivity index (χ4v) is 0.798. The van der Waals surface area contributed by atoms with Gasteiger partial charge in [0.1, 0.15) is 5.50 Å². The molecular formula is C5H8Cl3N3. The fraction of sp³-hybridized carbons (Fsp3) is 0.600. The van der Waals surface area contributed by atoms with Gasteiger partial charge in [-0.3, -0.25) is 0 Å². The van der Waals surface area contributed by atoms with Crippen LogP contribution >= 0.6 is 34.8 Å². The minimum absolute atomic E-state index is 0.0284. The maximum absolute atomic E-state index is 5.62. The molecule has 0 aliphatic carbocycles. The third-order valence-corrected chi connectivity index (χ3v) is 1.46. The maximum atomic E-state index is 5.62. The second-order valence-corrected chi connectivity index (χ2v) is 2.90. The van der Waals surface area contributed by atoms with Crippen LogP contribution in [-0.2, 0) is 0 Å². The van der Waals surface area contributed by atoms with Gasteiger partial charge in [-0.1, -0.05) is 18.5 Å². The number of alkyl halides is 1. The van der Waals surface area contributed by atoms with Gasteiger partial charge in [-0.2, -0.15) is 4.99 Å². The van der Waals surface area contributed by atoms with Gasteiger partial charge in [0.25, 0.3) is 0 Å². The number of hydrogen-bond acceptors (Lipinski definition) is 1. The van der Waals surface area contributed by atoms with E-state index >= 15 is 0 Å². The number of aliphatic imine (C=N–C) groups is 2. The van der Waals surface area contributed by atoms with E-state index in [-0.39, 0.29) is 16.1 Å². The van der Waals surface area contributed by atoms with Gasteiger partial charge in [0.15, 0.2) is 5.29 Å². The summed E-state index contributed by atoms with van der Waals surface area (Å²) >= 11 is 16.3. The van der Waals surface area contributed by atoms with Crippen LogP contribution in [0.15, 0.2) is 9.98 Å². The Morgan fingerprint density at radius 2 is 2.09 bits per heavy atom. The van der Waals surface area contributed by atoms with Crippen LogP contribution < -0.4 is 5.73 Å². The third-order valence-electron chi connectivity index (χ3n) is 0.783. The zero-order valence-electron chi connectivity index (χ0n) is 5.89. The van der Waals surface area contributed by atoms with Crippen LogP contribution in [0.5, 0.6) is 0 Å². The lowest BCUT2D eigenvalue weighted by atomic mass is 10.5. The van der Waals surface area contributed by atoms with Gasteiger partial charge in [0.2, 0.25) is 5.29 Å². The molecular weight excluding hydrogens is 208 g/mol. The zero-order valence-corrected chi connectivity index (χ0v) is 8.16. The molecule has 11 heavy (non-hydrogen) atoms. The molecule has 0 aromatic rings. The SMILES string of the molecule is CC[C@H](Cl)/N=C(Cl)\N=C(/N)Cl. The average Bonchev–Trinajstić information content (AvgIpc) is 1.85. The van der Waals surface area contributed by atoms with E-state index in [4.69, 9.17) is 40.5 Å². The van der Waals surface area contributed by atoms with Gasteiger partial charge in [-0.15, -0.1) is 0 Å². The quantitative estimate of drug-likeness (QED) is 0.327. The first kappa shape index (κ1) is 11.0. The minimum atomic E-state index is -0.373. The number of amidine groups is 2. The number of rotatable bonds is 2. The molecule has 0 rings (SSSR count). The molecule has 0 unspecified atom stereocenters. The predicted molar refractivity (Wildman–Crippen MR) is 50.7 cm³/mol. The lowest BCUT2D eigenvalue weighted by Gasteiger charge is -1.97. The second kappa shape index (κ2) is 5.63. The first-order chi connectivity index (χ1) is 5.06. The molecule has 0 saturated heterocycles. The van der Waals surface area contributed by atoms with E-state index in [0.717, 1.165) is 0 Å². The highest BCUT2D eigenvalue weighted by Crippen LogP contribution is 2.05. The van der Waals surface area contributed by atoms with Gasteiger partial charge < -0.3 is 5.73 Å². The van der Waals surface area contributed by atoms with E-state index in [1.54, 1.807) is 0 Å². The van der Waals surface area contributed by atoms with Gasteiger partial charge in [0, 0.05) is 0 Å². The number of halogens is 3. The van der Waals surface area contributed by atoms with Crippen molar-refractivity contribution in [3.05, 3.63) is 0 Å². The van der Waals surface area contributed by atoms with Crippen LogP contribution in [0, 0.1) is 0 Å². The smallest absolute Gasteiger partial charge is 0.221 e. The maximum Gasteiger partial charge on any atom is 0.221 e. The highest BCUT2D eigenvalue weighted by Gasteiger charge is 1.98. The highest BCUT2D eigenvalue weighted by molar-refractivity contribution is 6.71. The van der Waals surface area contributed by atoms with Crippen LogP contribution in [0.4, 0.5) is 0 Å². The van der Waals surface area contributed by atoms with Crippen LogP contribution in [-0.4, -0.2) is 16.1 Å². The summed E-state index contributed by atoms with van der Waals surface area (Å²) in [7, 11) is 0.